The number of nitrogens with two attached hydrogens (primary N) is 1. The summed E-state index contributed by atoms with van der Waals surface area (Å²) in [6, 6.07) is 13.0. The third kappa shape index (κ3) is 8.73. The van der Waals surface area contributed by atoms with Crippen molar-refractivity contribution in [3.8, 4) is 5.75 Å². The van der Waals surface area contributed by atoms with Crippen molar-refractivity contribution < 1.29 is 29.0 Å². The van der Waals surface area contributed by atoms with Crippen molar-refractivity contribution in [2.45, 2.75) is 77.2 Å². The average Bonchev–Trinajstić information content (AvgIpc) is 3.58. The molecule has 39 heavy (non-hydrogen) atoms. The van der Waals surface area contributed by atoms with Gasteiger partial charge in [-0.1, -0.05) is 49.4 Å². The molecule has 5 N–H and O–H groups in total. The van der Waals surface area contributed by atoms with Crippen LogP contribution in [0.2, 0.25) is 0 Å². The molecule has 4 amide bonds. The molecule has 0 aromatic heterocycles. The van der Waals surface area contributed by atoms with Crippen LogP contribution in [0.15, 0.2) is 54.6 Å². The van der Waals surface area contributed by atoms with Gasteiger partial charge in [-0.05, 0) is 62.8 Å². The van der Waals surface area contributed by atoms with Gasteiger partial charge in [0.05, 0.1) is 0 Å². The Bertz CT molecular complexity index is 1180. The van der Waals surface area contributed by atoms with Crippen LogP contribution in [0.25, 0.3) is 0 Å². The summed E-state index contributed by atoms with van der Waals surface area (Å²) in [4.78, 5) is 53.6. The summed E-state index contributed by atoms with van der Waals surface area (Å²) < 4.78 is 5.35. The van der Waals surface area contributed by atoms with E-state index in [1.54, 1.807) is 32.9 Å². The highest BCUT2D eigenvalue weighted by Crippen LogP contribution is 2.41. The molecule has 1 aliphatic rings. The van der Waals surface area contributed by atoms with Gasteiger partial charge >= 0.3 is 6.09 Å². The minimum absolute atomic E-state index is 0.0539. The number of phenols is 1. The van der Waals surface area contributed by atoms with Gasteiger partial charge in [-0.15, -0.1) is 0 Å². The lowest BCUT2D eigenvalue weighted by Crippen LogP contribution is -2.54. The molecule has 210 valence electrons. The van der Waals surface area contributed by atoms with Crippen molar-refractivity contribution >= 4 is 23.8 Å². The molecule has 10 heteroatoms. The number of alkyl carbamates (subject to hydrolysis) is 1. The summed E-state index contributed by atoms with van der Waals surface area (Å²) >= 11 is 0. The van der Waals surface area contributed by atoms with Crippen LogP contribution in [0, 0.1) is 5.92 Å². The average molecular weight is 539 g/mol. The Morgan fingerprint density at radius 2 is 1.77 bits per heavy atom. The monoisotopic (exact) mass is 538 g/mol. The lowest BCUT2D eigenvalue weighted by Gasteiger charge is -2.35. The van der Waals surface area contributed by atoms with E-state index in [1.807, 2.05) is 37.3 Å². The number of aromatic hydroxyl groups is 1. The first-order valence-corrected chi connectivity index (χ1v) is 13.1. The van der Waals surface area contributed by atoms with Crippen LogP contribution in [0.5, 0.6) is 5.75 Å². The molecule has 0 spiro atoms. The molecule has 0 saturated heterocycles. The summed E-state index contributed by atoms with van der Waals surface area (Å²) in [6.07, 6.45) is -0.389. The molecule has 4 atom stereocenters. The minimum Gasteiger partial charge on any atom is -0.508 e. The Morgan fingerprint density at radius 1 is 1.10 bits per heavy atom. The largest absolute Gasteiger partial charge is 0.508 e. The van der Waals surface area contributed by atoms with Crippen LogP contribution in [0.4, 0.5) is 4.79 Å². The number of nitrogens with one attached hydrogen (secondary N) is 2. The fraction of sp³-hybridized carbons (Fsp3) is 0.448. The molecular formula is C29H38N4O6. The van der Waals surface area contributed by atoms with Crippen molar-refractivity contribution in [1.29, 1.82) is 0 Å². The van der Waals surface area contributed by atoms with Gasteiger partial charge in [0.25, 0.3) is 0 Å². The fourth-order valence-corrected chi connectivity index (χ4v) is 4.36. The number of carbonyl (C=O) groups excluding carboxylic acids is 4. The van der Waals surface area contributed by atoms with Crippen LogP contribution in [0.1, 0.15) is 64.1 Å². The standard InChI is InChI=1S/C29H38N4O6/c1-18-15-23(18)33(27(37)22(13-14-24(30)35)32-28(38)39-29(2,3)4)25(20-11-8-12-21(34)16-20)26(36)31-17-19-9-6-5-7-10-19/h5-12,16,18,22-23,25,34H,13-15,17H2,1-4H3,(H2,30,35)(H,31,36)(H,32,38). The number of nitrogens with zero attached hydrogens (tertiary/aromatic N) is 1. The summed E-state index contributed by atoms with van der Waals surface area (Å²) in [6.45, 7) is 7.28. The Hall–Kier alpha value is -4.08. The number of rotatable bonds is 11. The topological polar surface area (TPSA) is 151 Å². The molecule has 0 bridgehead atoms. The number of ether oxygens (including phenoxy) is 1. The molecule has 3 rings (SSSR count). The lowest BCUT2D eigenvalue weighted by molar-refractivity contribution is -0.143. The van der Waals surface area contributed by atoms with Crippen molar-refractivity contribution in [3.63, 3.8) is 0 Å². The summed E-state index contributed by atoms with van der Waals surface area (Å²) in [5.41, 5.74) is 5.84. The van der Waals surface area contributed by atoms with Crippen LogP contribution in [-0.4, -0.2) is 51.5 Å². The first kappa shape index (κ1) is 29.5. The van der Waals surface area contributed by atoms with Gasteiger partial charge < -0.3 is 31.1 Å². The number of benzene rings is 2. The first-order valence-electron chi connectivity index (χ1n) is 13.1. The molecule has 0 radical (unpaired) electrons. The highest BCUT2D eigenvalue weighted by molar-refractivity contribution is 5.93. The fourth-order valence-electron chi connectivity index (χ4n) is 4.36. The Morgan fingerprint density at radius 3 is 2.33 bits per heavy atom. The van der Waals surface area contributed by atoms with Gasteiger partial charge in [-0.3, -0.25) is 14.4 Å². The Labute approximate surface area is 228 Å². The number of hydrogen-bond acceptors (Lipinski definition) is 6. The van der Waals surface area contributed by atoms with Gasteiger partial charge in [0.1, 0.15) is 23.4 Å². The highest BCUT2D eigenvalue weighted by Gasteiger charge is 2.48. The zero-order valence-electron chi connectivity index (χ0n) is 22.8. The van der Waals surface area contributed by atoms with E-state index in [2.05, 4.69) is 10.6 Å². The van der Waals surface area contributed by atoms with Crippen LogP contribution in [-0.2, 0) is 25.7 Å². The van der Waals surface area contributed by atoms with Crippen LogP contribution in [0.3, 0.4) is 0 Å². The van der Waals surface area contributed by atoms with Crippen molar-refractivity contribution in [3.05, 3.63) is 65.7 Å². The van der Waals surface area contributed by atoms with Gasteiger partial charge in [0.2, 0.25) is 17.7 Å². The van der Waals surface area contributed by atoms with E-state index in [1.165, 1.54) is 17.0 Å². The van der Waals surface area contributed by atoms with E-state index in [0.29, 0.717) is 12.0 Å². The minimum atomic E-state index is -1.16. The van der Waals surface area contributed by atoms with E-state index in [-0.39, 0.29) is 37.1 Å². The highest BCUT2D eigenvalue weighted by atomic mass is 16.6. The van der Waals surface area contributed by atoms with Gasteiger partial charge in [-0.2, -0.15) is 0 Å². The van der Waals surface area contributed by atoms with Crippen molar-refractivity contribution in [2.24, 2.45) is 11.7 Å². The number of primary amides is 1. The molecule has 2 aromatic rings. The molecule has 4 unspecified atom stereocenters. The Kier molecular flexibility index (Phi) is 9.56. The predicted octanol–water partition coefficient (Wildman–Crippen LogP) is 3.15. The molecule has 0 heterocycles. The predicted molar refractivity (Wildman–Crippen MR) is 145 cm³/mol. The van der Waals surface area contributed by atoms with E-state index in [0.717, 1.165) is 5.56 Å². The Balaban J connectivity index is 1.97. The third-order valence-electron chi connectivity index (χ3n) is 6.37. The smallest absolute Gasteiger partial charge is 0.408 e. The van der Waals surface area contributed by atoms with Gasteiger partial charge in [0, 0.05) is 19.0 Å². The number of phenolic OH excluding ortho intramolecular Hbond substituents is 1. The van der Waals surface area contributed by atoms with Gasteiger partial charge in [0.15, 0.2) is 0 Å². The quantitative estimate of drug-likeness (QED) is 0.345. The maximum atomic E-state index is 14.1. The maximum absolute atomic E-state index is 14.1. The van der Waals surface area contributed by atoms with Crippen molar-refractivity contribution in [1.82, 2.24) is 15.5 Å². The molecule has 1 saturated carbocycles. The second-order valence-corrected chi connectivity index (χ2v) is 10.9. The molecule has 1 aliphatic carbocycles. The van der Waals surface area contributed by atoms with Crippen LogP contribution >= 0.6 is 0 Å². The zero-order chi connectivity index (χ0) is 28.7. The number of amides is 4. The molecule has 1 fully saturated rings. The number of hydrogen-bond donors (Lipinski definition) is 4. The number of carbonyl (C=O) groups is 4. The van der Waals surface area contributed by atoms with E-state index in [9.17, 15) is 24.3 Å². The van der Waals surface area contributed by atoms with E-state index < -0.39 is 41.5 Å². The molecule has 10 nitrogen and oxygen atoms in total. The van der Waals surface area contributed by atoms with E-state index >= 15 is 0 Å². The van der Waals surface area contributed by atoms with Crippen molar-refractivity contribution in [2.75, 3.05) is 0 Å². The molecular weight excluding hydrogens is 500 g/mol. The zero-order valence-corrected chi connectivity index (χ0v) is 22.8. The summed E-state index contributed by atoms with van der Waals surface area (Å²) in [7, 11) is 0. The maximum Gasteiger partial charge on any atom is 0.408 e. The third-order valence-corrected chi connectivity index (χ3v) is 6.37. The summed E-state index contributed by atoms with van der Waals surface area (Å²) in [5.74, 6) is -1.56. The summed E-state index contributed by atoms with van der Waals surface area (Å²) in [5, 5.41) is 15.7. The first-order chi connectivity index (χ1) is 18.4. The normalized spacial score (nSPS) is 17.8. The van der Waals surface area contributed by atoms with E-state index in [4.69, 9.17) is 10.5 Å². The van der Waals surface area contributed by atoms with Gasteiger partial charge in [-0.25, -0.2) is 4.79 Å². The molecule has 0 aliphatic heterocycles. The van der Waals surface area contributed by atoms with Crippen LogP contribution < -0.4 is 16.4 Å². The second-order valence-electron chi connectivity index (χ2n) is 10.9. The SMILES string of the molecule is CC1CC1N(C(=O)C(CCC(N)=O)NC(=O)OC(C)(C)C)C(C(=O)NCc1ccccc1)c1cccc(O)c1. The lowest BCUT2D eigenvalue weighted by atomic mass is 10.0. The molecule has 2 aromatic carbocycles. The second kappa shape index (κ2) is 12.6.